The van der Waals surface area contributed by atoms with Gasteiger partial charge < -0.3 is 0 Å². The molecule has 0 saturated carbocycles. The second-order valence-corrected chi connectivity index (χ2v) is 5.42. The Bertz CT molecular complexity index is 304. The zero-order valence-electron chi connectivity index (χ0n) is 7.80. The summed E-state index contributed by atoms with van der Waals surface area (Å²) in [5.41, 5.74) is 0. The molecule has 9 heteroatoms. The molecule has 86 valence electrons. The summed E-state index contributed by atoms with van der Waals surface area (Å²) in [6, 6.07) is 0. The van der Waals surface area contributed by atoms with E-state index >= 15 is 0 Å². The normalized spacial score (nSPS) is 13.0. The van der Waals surface area contributed by atoms with Gasteiger partial charge in [-0.05, 0) is 6.42 Å². The Morgan fingerprint density at radius 2 is 1.57 bits per heavy atom. The second kappa shape index (κ2) is 5.61. The van der Waals surface area contributed by atoms with Crippen LogP contribution in [0.4, 0.5) is 0 Å². The first-order valence-electron chi connectivity index (χ1n) is 3.56. The molecule has 0 aromatic carbocycles. The van der Waals surface area contributed by atoms with Gasteiger partial charge in [0.1, 0.15) is 0 Å². The van der Waals surface area contributed by atoms with Crippen molar-refractivity contribution in [1.29, 1.82) is 0 Å². The van der Waals surface area contributed by atoms with Crippen LogP contribution < -0.4 is 0 Å². The van der Waals surface area contributed by atoms with Crippen molar-refractivity contribution in [2.24, 2.45) is 0 Å². The van der Waals surface area contributed by atoms with Crippen molar-refractivity contribution < 1.29 is 29.4 Å². The SMILES string of the molecule is COS(=O)(=O)CCCOS(=O)(=O)OC. The minimum absolute atomic E-state index is 0.0127. The van der Waals surface area contributed by atoms with Gasteiger partial charge in [0, 0.05) is 0 Å². The van der Waals surface area contributed by atoms with E-state index in [0.29, 0.717) is 0 Å². The highest BCUT2D eigenvalue weighted by Gasteiger charge is 2.11. The summed E-state index contributed by atoms with van der Waals surface area (Å²) in [6.45, 7) is -0.265. The lowest BCUT2D eigenvalue weighted by molar-refractivity contribution is 0.243. The standard InChI is InChI=1S/C5H12O7S2/c1-10-13(6,7)5-3-4-12-14(8,9)11-2/h3-5H2,1-2H3. The van der Waals surface area contributed by atoms with Crippen molar-refractivity contribution in [3.05, 3.63) is 0 Å². The minimum atomic E-state index is -3.98. The van der Waals surface area contributed by atoms with Gasteiger partial charge in [-0.2, -0.15) is 16.8 Å². The van der Waals surface area contributed by atoms with Gasteiger partial charge in [0.25, 0.3) is 10.1 Å². The summed E-state index contributed by atoms with van der Waals surface area (Å²) < 4.78 is 55.0. The van der Waals surface area contributed by atoms with Gasteiger partial charge in [0.05, 0.1) is 26.6 Å². The summed E-state index contributed by atoms with van der Waals surface area (Å²) in [5, 5.41) is 0. The quantitative estimate of drug-likeness (QED) is 0.432. The zero-order chi connectivity index (χ0) is 11.2. The fraction of sp³-hybridized carbons (Fsp3) is 1.00. The third-order valence-corrected chi connectivity index (χ3v) is 3.38. The van der Waals surface area contributed by atoms with Crippen LogP contribution in [0.25, 0.3) is 0 Å². The Balaban J connectivity index is 3.79. The summed E-state index contributed by atoms with van der Waals surface area (Å²) in [6.07, 6.45) is 0.0127. The van der Waals surface area contributed by atoms with Crippen molar-refractivity contribution in [1.82, 2.24) is 0 Å². The van der Waals surface area contributed by atoms with Gasteiger partial charge >= 0.3 is 10.4 Å². The molecule has 0 aliphatic carbocycles. The predicted molar refractivity (Wildman–Crippen MR) is 47.3 cm³/mol. The molecule has 0 radical (unpaired) electrons. The lowest BCUT2D eigenvalue weighted by Gasteiger charge is -2.02. The highest BCUT2D eigenvalue weighted by molar-refractivity contribution is 7.86. The Labute approximate surface area is 83.4 Å². The highest BCUT2D eigenvalue weighted by atomic mass is 32.3. The topological polar surface area (TPSA) is 96.0 Å². The molecule has 0 heterocycles. The molecule has 0 fully saturated rings. The first-order valence-corrected chi connectivity index (χ1v) is 6.47. The average molecular weight is 248 g/mol. The summed E-state index contributed by atoms with van der Waals surface area (Å²) in [4.78, 5) is 0. The molecule has 0 aromatic rings. The number of hydrogen-bond acceptors (Lipinski definition) is 7. The van der Waals surface area contributed by atoms with Crippen LogP contribution in [-0.2, 0) is 33.1 Å². The van der Waals surface area contributed by atoms with Crippen LogP contribution >= 0.6 is 0 Å². The first kappa shape index (κ1) is 13.8. The van der Waals surface area contributed by atoms with Gasteiger partial charge in [-0.3, -0.25) is 8.37 Å². The third kappa shape index (κ3) is 6.27. The van der Waals surface area contributed by atoms with Crippen LogP contribution in [0.3, 0.4) is 0 Å². The van der Waals surface area contributed by atoms with Crippen molar-refractivity contribution in [2.75, 3.05) is 26.6 Å². The van der Waals surface area contributed by atoms with E-state index in [4.69, 9.17) is 0 Å². The smallest absolute Gasteiger partial charge is 0.273 e. The molecular weight excluding hydrogens is 236 g/mol. The largest absolute Gasteiger partial charge is 0.399 e. The molecule has 0 rings (SSSR count). The zero-order valence-corrected chi connectivity index (χ0v) is 9.43. The maximum absolute atomic E-state index is 10.7. The molecule has 7 nitrogen and oxygen atoms in total. The van der Waals surface area contributed by atoms with E-state index in [-0.39, 0.29) is 18.8 Å². The summed E-state index contributed by atoms with van der Waals surface area (Å²) in [7, 11) is -5.56. The Kier molecular flexibility index (Phi) is 5.52. The first-order chi connectivity index (χ1) is 6.33. The lowest BCUT2D eigenvalue weighted by atomic mass is 10.5. The molecule has 0 amide bonds. The summed E-state index contributed by atoms with van der Waals surface area (Å²) >= 11 is 0. The molecule has 0 aliphatic rings. The third-order valence-electron chi connectivity index (χ3n) is 1.22. The maximum Gasteiger partial charge on any atom is 0.399 e. The Morgan fingerprint density at radius 1 is 1.00 bits per heavy atom. The molecule has 0 bridgehead atoms. The maximum atomic E-state index is 10.7. The average Bonchev–Trinajstić information content (AvgIpc) is 2.13. The van der Waals surface area contributed by atoms with Gasteiger partial charge in [0.15, 0.2) is 0 Å². The van der Waals surface area contributed by atoms with E-state index in [2.05, 4.69) is 12.5 Å². The molecule has 0 aliphatic heterocycles. The van der Waals surface area contributed by atoms with Gasteiger partial charge in [-0.1, -0.05) is 0 Å². The van der Waals surface area contributed by atoms with E-state index in [1.165, 1.54) is 0 Å². The van der Waals surface area contributed by atoms with E-state index in [0.717, 1.165) is 14.2 Å². The van der Waals surface area contributed by atoms with Crippen LogP contribution in [0.2, 0.25) is 0 Å². The molecule has 0 spiro atoms. The van der Waals surface area contributed by atoms with Crippen molar-refractivity contribution in [3.8, 4) is 0 Å². The number of hydrogen-bond donors (Lipinski definition) is 0. The molecule has 14 heavy (non-hydrogen) atoms. The van der Waals surface area contributed by atoms with Crippen molar-refractivity contribution in [3.63, 3.8) is 0 Å². The van der Waals surface area contributed by atoms with Crippen LogP contribution in [0.15, 0.2) is 0 Å². The van der Waals surface area contributed by atoms with Crippen molar-refractivity contribution >= 4 is 20.5 Å². The van der Waals surface area contributed by atoms with Crippen LogP contribution in [-0.4, -0.2) is 43.4 Å². The Hall–Kier alpha value is -0.220. The van der Waals surface area contributed by atoms with Gasteiger partial charge in [-0.25, -0.2) is 4.18 Å². The predicted octanol–water partition coefficient (Wildman–Crippen LogP) is -0.740. The fourth-order valence-electron chi connectivity index (χ4n) is 0.528. The molecule has 0 N–H and O–H groups in total. The van der Waals surface area contributed by atoms with Crippen molar-refractivity contribution in [2.45, 2.75) is 6.42 Å². The van der Waals surface area contributed by atoms with E-state index < -0.39 is 20.5 Å². The molecule has 0 saturated heterocycles. The fourth-order valence-corrected chi connectivity index (χ4v) is 1.58. The van der Waals surface area contributed by atoms with Crippen LogP contribution in [0.1, 0.15) is 6.42 Å². The molecule has 0 aromatic heterocycles. The highest BCUT2D eigenvalue weighted by Crippen LogP contribution is 1.98. The summed E-state index contributed by atoms with van der Waals surface area (Å²) in [5.74, 6) is -0.303. The number of rotatable bonds is 7. The van der Waals surface area contributed by atoms with E-state index in [1.54, 1.807) is 0 Å². The molecule has 0 atom stereocenters. The van der Waals surface area contributed by atoms with Gasteiger partial charge in [-0.15, -0.1) is 0 Å². The van der Waals surface area contributed by atoms with Crippen LogP contribution in [0, 0.1) is 0 Å². The molecular formula is C5H12O7S2. The lowest BCUT2D eigenvalue weighted by Crippen LogP contribution is -2.13. The van der Waals surface area contributed by atoms with E-state index in [9.17, 15) is 16.8 Å². The molecule has 0 unspecified atom stereocenters. The monoisotopic (exact) mass is 248 g/mol. The van der Waals surface area contributed by atoms with E-state index in [1.807, 2.05) is 0 Å². The second-order valence-electron chi connectivity index (χ2n) is 2.18. The minimum Gasteiger partial charge on any atom is -0.273 e. The Morgan fingerprint density at radius 3 is 2.00 bits per heavy atom. The van der Waals surface area contributed by atoms with Crippen LogP contribution in [0.5, 0.6) is 0 Å². The van der Waals surface area contributed by atoms with Gasteiger partial charge in [0.2, 0.25) is 0 Å².